The van der Waals surface area contributed by atoms with Crippen molar-refractivity contribution in [2.24, 2.45) is 12.9 Å². The second-order valence-electron chi connectivity index (χ2n) is 6.16. The number of rotatable bonds is 3. The number of aryl methyl sites for hydroxylation is 1. The predicted octanol–water partition coefficient (Wildman–Crippen LogP) is -0.823. The van der Waals surface area contributed by atoms with Crippen LogP contribution in [-0.2, 0) is 24.9 Å². The number of hydrogen-bond donors (Lipinski definition) is 2. The fourth-order valence-electron chi connectivity index (χ4n) is 3.27. The van der Waals surface area contributed by atoms with E-state index in [1.807, 2.05) is 10.3 Å². The van der Waals surface area contributed by atoms with E-state index in [2.05, 4.69) is 4.98 Å². The Hall–Kier alpha value is -3.47. The van der Waals surface area contributed by atoms with Crippen molar-refractivity contribution in [3.8, 4) is 0 Å². The number of hydrogen-bond acceptors (Lipinski definition) is 6. The fraction of sp³-hybridized carbons (Fsp3) is 0.250. The summed E-state index contributed by atoms with van der Waals surface area (Å²) in [6.45, 7) is 0.509. The van der Waals surface area contributed by atoms with Crippen LogP contribution in [-0.4, -0.2) is 31.1 Å². The first-order chi connectivity index (χ1) is 12.9. The van der Waals surface area contributed by atoms with E-state index < -0.39 is 23.7 Å². The molecule has 1 amide bonds. The van der Waals surface area contributed by atoms with Crippen LogP contribution in [0.2, 0.25) is 0 Å². The smallest absolute Gasteiger partial charge is 0.310 e. The molecule has 0 atom stereocenters. The number of halogens is 1. The summed E-state index contributed by atoms with van der Waals surface area (Å²) < 4.78 is 16.9. The molecule has 4 rings (SSSR count). The van der Waals surface area contributed by atoms with Crippen LogP contribution in [0.25, 0.3) is 11.2 Å². The maximum atomic E-state index is 13.2. The van der Waals surface area contributed by atoms with Gasteiger partial charge in [0.25, 0.3) is 11.5 Å². The summed E-state index contributed by atoms with van der Waals surface area (Å²) >= 11 is 0. The lowest BCUT2D eigenvalue weighted by atomic mass is 10.3. The van der Waals surface area contributed by atoms with Crippen LogP contribution in [0.4, 0.5) is 16.0 Å². The minimum absolute atomic E-state index is 0.219. The molecule has 2 aromatic heterocycles. The van der Waals surface area contributed by atoms with Gasteiger partial charge in [0.05, 0.1) is 0 Å². The lowest BCUT2D eigenvalue weighted by Gasteiger charge is -2.15. The SMILES string of the molecule is Cn1c(=O)n(CC(=O)NN)c(=O)c2c1nc1n2CCN1c1ccc(F)cc1. The van der Waals surface area contributed by atoms with Crippen molar-refractivity contribution >= 4 is 28.7 Å². The van der Waals surface area contributed by atoms with Gasteiger partial charge in [-0.15, -0.1) is 0 Å². The second kappa shape index (κ2) is 6.06. The first-order valence-electron chi connectivity index (χ1n) is 8.15. The summed E-state index contributed by atoms with van der Waals surface area (Å²) in [7, 11) is 1.48. The highest BCUT2D eigenvalue weighted by molar-refractivity contribution is 5.79. The van der Waals surface area contributed by atoms with Crippen LogP contribution < -0.4 is 27.4 Å². The molecule has 1 aliphatic heterocycles. The maximum absolute atomic E-state index is 13.2. The third kappa shape index (κ3) is 2.51. The highest BCUT2D eigenvalue weighted by Crippen LogP contribution is 2.31. The summed E-state index contributed by atoms with van der Waals surface area (Å²) in [6, 6.07) is 5.92. The van der Waals surface area contributed by atoms with Gasteiger partial charge in [0.15, 0.2) is 11.2 Å². The topological polar surface area (TPSA) is 120 Å². The van der Waals surface area contributed by atoms with Crippen LogP contribution in [0.15, 0.2) is 33.9 Å². The van der Waals surface area contributed by atoms with E-state index in [9.17, 15) is 18.8 Å². The third-order valence-electron chi connectivity index (χ3n) is 4.60. The van der Waals surface area contributed by atoms with Gasteiger partial charge in [-0.3, -0.25) is 19.6 Å². The molecule has 0 radical (unpaired) electrons. The number of anilines is 2. The van der Waals surface area contributed by atoms with Crippen LogP contribution in [0, 0.1) is 5.82 Å². The van der Waals surface area contributed by atoms with Gasteiger partial charge in [-0.1, -0.05) is 0 Å². The molecule has 3 N–H and O–H groups in total. The monoisotopic (exact) mass is 373 g/mol. The van der Waals surface area contributed by atoms with Crippen molar-refractivity contribution in [2.45, 2.75) is 13.1 Å². The van der Waals surface area contributed by atoms with Crippen molar-refractivity contribution in [1.82, 2.24) is 24.1 Å². The van der Waals surface area contributed by atoms with E-state index in [1.54, 1.807) is 16.7 Å². The Morgan fingerprint density at radius 3 is 2.63 bits per heavy atom. The number of amides is 1. The van der Waals surface area contributed by atoms with Gasteiger partial charge in [0, 0.05) is 25.8 Å². The lowest BCUT2D eigenvalue weighted by Crippen LogP contribution is -2.44. The summed E-state index contributed by atoms with van der Waals surface area (Å²) in [5.74, 6) is 4.52. The van der Waals surface area contributed by atoms with Crippen molar-refractivity contribution < 1.29 is 9.18 Å². The van der Waals surface area contributed by atoms with E-state index in [-0.39, 0.29) is 17.0 Å². The molecule has 0 spiro atoms. The number of nitrogens with zero attached hydrogens (tertiary/aromatic N) is 5. The molecule has 140 valence electrons. The zero-order chi connectivity index (χ0) is 19.3. The Morgan fingerprint density at radius 2 is 1.96 bits per heavy atom. The molecule has 11 heteroatoms. The van der Waals surface area contributed by atoms with Gasteiger partial charge in [-0.2, -0.15) is 4.98 Å². The summed E-state index contributed by atoms with van der Waals surface area (Å²) in [4.78, 5) is 43.2. The van der Waals surface area contributed by atoms with Crippen molar-refractivity contribution in [2.75, 3.05) is 11.4 Å². The zero-order valence-corrected chi connectivity index (χ0v) is 14.3. The van der Waals surface area contributed by atoms with Crippen molar-refractivity contribution in [1.29, 1.82) is 0 Å². The highest BCUT2D eigenvalue weighted by atomic mass is 19.1. The van der Waals surface area contributed by atoms with E-state index in [1.165, 1.54) is 23.7 Å². The first-order valence-corrected chi connectivity index (χ1v) is 8.15. The molecule has 1 aromatic carbocycles. The minimum atomic E-state index is -0.666. The summed E-state index contributed by atoms with van der Waals surface area (Å²) in [5.41, 5.74) is 1.79. The number of hydrazine groups is 1. The van der Waals surface area contributed by atoms with Gasteiger partial charge in [-0.05, 0) is 24.3 Å². The minimum Gasteiger partial charge on any atom is -0.310 e. The van der Waals surface area contributed by atoms with Crippen molar-refractivity contribution in [3.05, 3.63) is 50.9 Å². The number of aromatic nitrogens is 4. The van der Waals surface area contributed by atoms with Gasteiger partial charge >= 0.3 is 5.69 Å². The third-order valence-corrected chi connectivity index (χ3v) is 4.60. The number of benzene rings is 1. The Kier molecular flexibility index (Phi) is 3.81. The number of carbonyl (C=O) groups excluding carboxylic acids is 1. The number of carbonyl (C=O) groups is 1. The number of nitrogens with two attached hydrogens (primary N) is 1. The molecule has 0 aliphatic carbocycles. The first kappa shape index (κ1) is 17.0. The maximum Gasteiger partial charge on any atom is 0.332 e. The molecule has 3 heterocycles. The van der Waals surface area contributed by atoms with Crippen molar-refractivity contribution in [3.63, 3.8) is 0 Å². The molecule has 10 nitrogen and oxygen atoms in total. The van der Waals surface area contributed by atoms with Crippen LogP contribution in [0.1, 0.15) is 0 Å². The Morgan fingerprint density at radius 1 is 1.26 bits per heavy atom. The molecule has 3 aromatic rings. The largest absolute Gasteiger partial charge is 0.332 e. The predicted molar refractivity (Wildman–Crippen MR) is 95.0 cm³/mol. The molecule has 0 saturated heterocycles. The van der Waals surface area contributed by atoms with E-state index in [0.29, 0.717) is 19.0 Å². The van der Waals surface area contributed by atoms with Crippen LogP contribution in [0.3, 0.4) is 0 Å². The number of nitrogens with one attached hydrogen (secondary N) is 1. The molecular formula is C16H16FN7O3. The number of fused-ring (bicyclic) bond motifs is 3. The average Bonchev–Trinajstić information content (AvgIpc) is 3.23. The lowest BCUT2D eigenvalue weighted by molar-refractivity contribution is -0.121. The van der Waals surface area contributed by atoms with E-state index in [4.69, 9.17) is 5.84 Å². The average molecular weight is 373 g/mol. The second-order valence-corrected chi connectivity index (χ2v) is 6.16. The summed E-state index contributed by atoms with van der Waals surface area (Å²) in [6.07, 6.45) is 0. The highest BCUT2D eigenvalue weighted by Gasteiger charge is 2.29. The fourth-order valence-corrected chi connectivity index (χ4v) is 3.27. The molecule has 0 bridgehead atoms. The van der Waals surface area contributed by atoms with Crippen LogP contribution in [0.5, 0.6) is 0 Å². The molecule has 0 fully saturated rings. The Labute approximate surface area is 151 Å². The number of imidazole rings is 1. The Bertz CT molecular complexity index is 1180. The van der Waals surface area contributed by atoms with E-state index >= 15 is 0 Å². The zero-order valence-electron chi connectivity index (χ0n) is 14.3. The standard InChI is InChI=1S/C16H16FN7O3/c1-21-13-12(14(26)24(16(21)27)8-11(25)20-18)23-7-6-22(15(23)19-13)10-4-2-9(17)3-5-10/h2-5H,6-8,18H2,1H3,(H,20,25). The Balaban J connectivity index is 1.92. The van der Waals surface area contributed by atoms with Gasteiger partial charge in [0.1, 0.15) is 12.4 Å². The molecule has 1 aliphatic rings. The molecular weight excluding hydrogens is 357 g/mol. The molecule has 0 saturated carbocycles. The van der Waals surface area contributed by atoms with Gasteiger partial charge in [0.2, 0.25) is 5.95 Å². The van der Waals surface area contributed by atoms with Crippen LogP contribution >= 0.6 is 0 Å². The van der Waals surface area contributed by atoms with Gasteiger partial charge < -0.3 is 9.47 Å². The van der Waals surface area contributed by atoms with E-state index in [0.717, 1.165) is 10.3 Å². The normalized spacial score (nSPS) is 13.2. The van der Waals surface area contributed by atoms with Gasteiger partial charge in [-0.25, -0.2) is 19.6 Å². The summed E-state index contributed by atoms with van der Waals surface area (Å²) in [5, 5.41) is 0. The molecule has 0 unspecified atom stereocenters. The quantitative estimate of drug-likeness (QED) is 0.352. The molecule has 27 heavy (non-hydrogen) atoms.